The average molecular weight is 387 g/mol. The van der Waals surface area contributed by atoms with E-state index in [2.05, 4.69) is 6.58 Å². The molecule has 0 fully saturated rings. The van der Waals surface area contributed by atoms with E-state index in [-0.39, 0.29) is 12.3 Å². The van der Waals surface area contributed by atoms with E-state index in [0.29, 0.717) is 12.1 Å². The van der Waals surface area contributed by atoms with Gasteiger partial charge in [-0.3, -0.25) is 0 Å². The fourth-order valence-electron chi connectivity index (χ4n) is 2.27. The lowest BCUT2D eigenvalue weighted by Crippen LogP contribution is -2.37. The van der Waals surface area contributed by atoms with Gasteiger partial charge >= 0.3 is 12.3 Å². The maximum absolute atomic E-state index is 12.5. The zero-order valence-electron chi connectivity index (χ0n) is 16.4. The number of carbonyl (C=O) groups excluding carboxylic acids is 1. The van der Waals surface area contributed by atoms with Crippen molar-refractivity contribution < 1.29 is 27.4 Å². The molecule has 0 heterocycles. The van der Waals surface area contributed by atoms with Crippen LogP contribution in [-0.4, -0.2) is 35.9 Å². The average Bonchev–Trinajstić information content (AvgIpc) is 2.54. The Hall–Kier alpha value is -2.18. The first-order valence-electron chi connectivity index (χ1n) is 8.88. The van der Waals surface area contributed by atoms with Crippen LogP contribution in [-0.2, 0) is 11.3 Å². The predicted octanol–water partition coefficient (Wildman–Crippen LogP) is 5.81. The van der Waals surface area contributed by atoms with E-state index in [1.165, 1.54) is 11.0 Å². The van der Waals surface area contributed by atoms with Crippen LogP contribution in [0.3, 0.4) is 0 Å². The zero-order valence-corrected chi connectivity index (χ0v) is 16.4. The quantitative estimate of drug-likeness (QED) is 0.565. The van der Waals surface area contributed by atoms with Gasteiger partial charge in [0, 0.05) is 12.1 Å². The number of nitrogens with zero attached hydrogens (tertiary/aromatic N) is 1. The molecule has 152 valence electrons. The summed E-state index contributed by atoms with van der Waals surface area (Å²) in [5, 5.41) is 0. The fraction of sp³-hybridized carbons (Fsp3) is 0.550. The lowest BCUT2D eigenvalue weighted by atomic mass is 10.1. The Morgan fingerprint density at radius 3 is 2.44 bits per heavy atom. The number of alkyl halides is 3. The minimum absolute atomic E-state index is 0.0861. The Labute approximate surface area is 158 Å². The first-order valence-corrected chi connectivity index (χ1v) is 8.88. The van der Waals surface area contributed by atoms with Crippen LogP contribution in [0.4, 0.5) is 18.0 Å². The van der Waals surface area contributed by atoms with Crippen LogP contribution in [0, 0.1) is 0 Å². The minimum Gasteiger partial charge on any atom is -0.484 e. The van der Waals surface area contributed by atoms with Crippen LogP contribution >= 0.6 is 0 Å². The molecule has 1 amide bonds. The van der Waals surface area contributed by atoms with Gasteiger partial charge in [0.1, 0.15) is 11.4 Å². The molecule has 0 spiro atoms. The minimum atomic E-state index is -4.44. The lowest BCUT2D eigenvalue weighted by Gasteiger charge is -2.28. The zero-order chi connectivity index (χ0) is 20.7. The third kappa shape index (κ3) is 8.84. The molecular weight excluding hydrogens is 359 g/mol. The van der Waals surface area contributed by atoms with E-state index in [1.54, 1.807) is 39.0 Å². The Morgan fingerprint density at radius 1 is 1.26 bits per heavy atom. The van der Waals surface area contributed by atoms with Gasteiger partial charge in [-0.1, -0.05) is 32.1 Å². The third-order valence-corrected chi connectivity index (χ3v) is 3.51. The molecule has 0 unspecified atom stereocenters. The van der Waals surface area contributed by atoms with Gasteiger partial charge < -0.3 is 14.4 Å². The van der Waals surface area contributed by atoms with Crippen molar-refractivity contribution in [2.45, 2.75) is 58.9 Å². The highest BCUT2D eigenvalue weighted by atomic mass is 19.4. The lowest BCUT2D eigenvalue weighted by molar-refractivity contribution is -0.153. The molecule has 1 aromatic carbocycles. The van der Waals surface area contributed by atoms with Crippen LogP contribution < -0.4 is 4.74 Å². The standard InChI is InChI=1S/C20H28F3NO3/c1-6-8-11-24(18(25)27-19(3,4)5)13-16-12-15(7-2)9-10-17(16)26-14-20(21,22)23/h7,9-10,12H,2,6,8,11,13-14H2,1,3-5H3. The number of halogens is 3. The largest absolute Gasteiger partial charge is 0.484 e. The van der Waals surface area contributed by atoms with Crippen molar-refractivity contribution in [1.82, 2.24) is 4.90 Å². The van der Waals surface area contributed by atoms with Crippen molar-refractivity contribution in [3.05, 3.63) is 35.9 Å². The summed E-state index contributed by atoms with van der Waals surface area (Å²) in [6.45, 7) is 10.1. The van der Waals surface area contributed by atoms with Crippen molar-refractivity contribution in [2.75, 3.05) is 13.2 Å². The van der Waals surface area contributed by atoms with Crippen molar-refractivity contribution in [3.8, 4) is 5.75 Å². The molecule has 0 atom stereocenters. The van der Waals surface area contributed by atoms with Crippen molar-refractivity contribution >= 4 is 12.2 Å². The van der Waals surface area contributed by atoms with Gasteiger partial charge in [-0.15, -0.1) is 0 Å². The SMILES string of the molecule is C=Cc1ccc(OCC(F)(F)F)c(CN(CCCC)C(=O)OC(C)(C)C)c1. The second-order valence-corrected chi connectivity index (χ2v) is 7.23. The third-order valence-electron chi connectivity index (χ3n) is 3.51. The molecule has 0 aliphatic carbocycles. The molecule has 0 aliphatic rings. The Bertz CT molecular complexity index is 636. The van der Waals surface area contributed by atoms with Crippen molar-refractivity contribution in [3.63, 3.8) is 0 Å². The van der Waals surface area contributed by atoms with Gasteiger partial charge in [-0.2, -0.15) is 13.2 Å². The molecule has 7 heteroatoms. The fourth-order valence-corrected chi connectivity index (χ4v) is 2.27. The molecule has 1 rings (SSSR count). The number of ether oxygens (including phenoxy) is 2. The summed E-state index contributed by atoms with van der Waals surface area (Å²) < 4.78 is 48.0. The second kappa shape index (κ2) is 9.67. The summed E-state index contributed by atoms with van der Waals surface area (Å²) in [6, 6.07) is 4.75. The summed E-state index contributed by atoms with van der Waals surface area (Å²) in [5.41, 5.74) is 0.530. The molecule has 0 bridgehead atoms. The highest BCUT2D eigenvalue weighted by Gasteiger charge is 2.29. The summed E-state index contributed by atoms with van der Waals surface area (Å²) >= 11 is 0. The molecule has 0 saturated heterocycles. The number of hydrogen-bond donors (Lipinski definition) is 0. The number of carbonyl (C=O) groups is 1. The first kappa shape index (κ1) is 22.9. The van der Waals surface area contributed by atoms with Crippen LogP contribution in [0.25, 0.3) is 6.08 Å². The monoisotopic (exact) mass is 387 g/mol. The molecule has 0 N–H and O–H groups in total. The summed E-state index contributed by atoms with van der Waals surface area (Å²) in [7, 11) is 0. The van der Waals surface area contributed by atoms with E-state index in [4.69, 9.17) is 9.47 Å². The highest BCUT2D eigenvalue weighted by molar-refractivity contribution is 5.68. The first-order chi connectivity index (χ1) is 12.4. The maximum Gasteiger partial charge on any atom is 0.422 e. The molecule has 0 aromatic heterocycles. The number of amides is 1. The van der Waals surface area contributed by atoms with Gasteiger partial charge in [0.15, 0.2) is 6.61 Å². The molecule has 1 aromatic rings. The van der Waals surface area contributed by atoms with Crippen LogP contribution in [0.5, 0.6) is 5.75 Å². The number of benzene rings is 1. The van der Waals surface area contributed by atoms with E-state index in [9.17, 15) is 18.0 Å². The van der Waals surface area contributed by atoms with Gasteiger partial charge in [0.2, 0.25) is 0 Å². The van der Waals surface area contributed by atoms with E-state index >= 15 is 0 Å². The highest BCUT2D eigenvalue weighted by Crippen LogP contribution is 2.26. The van der Waals surface area contributed by atoms with Crippen LogP contribution in [0.2, 0.25) is 0 Å². The van der Waals surface area contributed by atoms with Crippen LogP contribution in [0.15, 0.2) is 24.8 Å². The maximum atomic E-state index is 12.5. The predicted molar refractivity (Wildman–Crippen MR) is 99.6 cm³/mol. The van der Waals surface area contributed by atoms with E-state index in [0.717, 1.165) is 18.4 Å². The van der Waals surface area contributed by atoms with Gasteiger partial charge in [-0.05, 0) is 44.9 Å². The van der Waals surface area contributed by atoms with Crippen molar-refractivity contribution in [1.29, 1.82) is 0 Å². The van der Waals surface area contributed by atoms with E-state index in [1.807, 2.05) is 6.92 Å². The smallest absolute Gasteiger partial charge is 0.422 e. The number of unbranched alkanes of at least 4 members (excludes halogenated alkanes) is 1. The topological polar surface area (TPSA) is 38.8 Å². The van der Waals surface area contributed by atoms with Gasteiger partial charge in [0.05, 0.1) is 6.54 Å². The Kier molecular flexibility index (Phi) is 8.19. The molecule has 4 nitrogen and oxygen atoms in total. The van der Waals surface area contributed by atoms with Gasteiger partial charge in [0.25, 0.3) is 0 Å². The van der Waals surface area contributed by atoms with E-state index < -0.39 is 24.5 Å². The molecule has 0 saturated carbocycles. The second-order valence-electron chi connectivity index (χ2n) is 7.23. The molecule has 27 heavy (non-hydrogen) atoms. The molecule has 0 aliphatic heterocycles. The Balaban J connectivity index is 3.09. The van der Waals surface area contributed by atoms with Gasteiger partial charge in [-0.25, -0.2) is 4.79 Å². The summed E-state index contributed by atoms with van der Waals surface area (Å²) in [6.07, 6.45) is -1.76. The van der Waals surface area contributed by atoms with Crippen molar-refractivity contribution in [2.24, 2.45) is 0 Å². The van der Waals surface area contributed by atoms with Crippen LogP contribution in [0.1, 0.15) is 51.7 Å². The number of rotatable bonds is 8. The summed E-state index contributed by atoms with van der Waals surface area (Å²) in [4.78, 5) is 14.0. The summed E-state index contributed by atoms with van der Waals surface area (Å²) in [5.74, 6) is 0.0861. The molecular formula is C20H28F3NO3. The number of hydrogen-bond acceptors (Lipinski definition) is 3. The molecule has 0 radical (unpaired) electrons. The Morgan fingerprint density at radius 2 is 1.93 bits per heavy atom. The normalized spacial score (nSPS) is 11.8.